The lowest BCUT2D eigenvalue weighted by Gasteiger charge is -2.26. The van der Waals surface area contributed by atoms with Gasteiger partial charge >= 0.3 is 6.03 Å². The van der Waals surface area contributed by atoms with Crippen LogP contribution in [-0.4, -0.2) is 32.2 Å². The summed E-state index contributed by atoms with van der Waals surface area (Å²) in [4.78, 5) is 14.9. The lowest BCUT2D eigenvalue weighted by Crippen LogP contribution is -2.35. The van der Waals surface area contributed by atoms with Crippen LogP contribution in [0.3, 0.4) is 0 Å². The molecule has 1 aromatic heterocycles. The molecule has 6 heteroatoms. The summed E-state index contributed by atoms with van der Waals surface area (Å²) in [6.45, 7) is 4.86. The molecule has 1 N–H and O–H groups in total. The highest BCUT2D eigenvalue weighted by Gasteiger charge is 2.35. The van der Waals surface area contributed by atoms with Crippen LogP contribution < -0.4 is 5.32 Å². The van der Waals surface area contributed by atoms with Gasteiger partial charge in [-0.05, 0) is 62.8 Å². The van der Waals surface area contributed by atoms with E-state index in [1.165, 1.54) is 25.7 Å². The number of benzene rings is 1. The number of likely N-dealkylation sites (tertiary alicyclic amines) is 1. The molecule has 2 amide bonds. The van der Waals surface area contributed by atoms with Gasteiger partial charge in [0.25, 0.3) is 0 Å². The first-order valence-corrected chi connectivity index (χ1v) is 9.67. The predicted molar refractivity (Wildman–Crippen MR) is 101 cm³/mol. The number of aromatic nitrogens is 3. The van der Waals surface area contributed by atoms with E-state index in [0.29, 0.717) is 6.04 Å². The van der Waals surface area contributed by atoms with Crippen molar-refractivity contribution in [1.29, 1.82) is 0 Å². The quantitative estimate of drug-likeness (QED) is 0.891. The third kappa shape index (κ3) is 3.32. The molecule has 1 saturated heterocycles. The van der Waals surface area contributed by atoms with Crippen LogP contribution in [0.2, 0.25) is 0 Å². The summed E-state index contributed by atoms with van der Waals surface area (Å²) in [6, 6.07) is 6.60. The average molecular weight is 353 g/mol. The molecule has 1 saturated carbocycles. The first kappa shape index (κ1) is 17.1. The van der Waals surface area contributed by atoms with Crippen LogP contribution in [0, 0.1) is 13.8 Å². The van der Waals surface area contributed by atoms with Crippen molar-refractivity contribution in [2.75, 3.05) is 11.9 Å². The zero-order chi connectivity index (χ0) is 18.1. The molecule has 2 heterocycles. The summed E-state index contributed by atoms with van der Waals surface area (Å²) >= 11 is 0. The van der Waals surface area contributed by atoms with Crippen molar-refractivity contribution in [2.24, 2.45) is 0 Å². The molecule has 1 aliphatic heterocycles. The van der Waals surface area contributed by atoms with Gasteiger partial charge in [-0.2, -0.15) is 0 Å². The number of hydrogen-bond acceptors (Lipinski definition) is 3. The summed E-state index contributed by atoms with van der Waals surface area (Å²) in [5.74, 6) is 0.949. The molecule has 4 rings (SSSR count). The molecule has 6 nitrogen and oxygen atoms in total. The first-order chi connectivity index (χ1) is 12.6. The van der Waals surface area contributed by atoms with Crippen LogP contribution in [0.1, 0.15) is 67.6 Å². The molecule has 2 fully saturated rings. The van der Waals surface area contributed by atoms with Crippen LogP contribution in [0.4, 0.5) is 10.5 Å². The Kier molecular flexibility index (Phi) is 4.66. The van der Waals surface area contributed by atoms with Crippen LogP contribution >= 0.6 is 0 Å². The van der Waals surface area contributed by atoms with Gasteiger partial charge < -0.3 is 14.8 Å². The van der Waals surface area contributed by atoms with Gasteiger partial charge in [0.2, 0.25) is 0 Å². The maximum Gasteiger partial charge on any atom is 0.322 e. The van der Waals surface area contributed by atoms with Gasteiger partial charge in [0, 0.05) is 18.3 Å². The van der Waals surface area contributed by atoms with Gasteiger partial charge in [-0.15, -0.1) is 10.2 Å². The smallest absolute Gasteiger partial charge is 0.314 e. The Morgan fingerprint density at radius 1 is 1.08 bits per heavy atom. The van der Waals surface area contributed by atoms with E-state index in [1.54, 1.807) is 0 Å². The molecular weight excluding hydrogens is 326 g/mol. The second kappa shape index (κ2) is 7.09. The van der Waals surface area contributed by atoms with E-state index in [1.807, 2.05) is 37.2 Å². The number of hydrogen-bond donors (Lipinski definition) is 1. The van der Waals surface area contributed by atoms with Crippen molar-refractivity contribution in [3.8, 4) is 0 Å². The van der Waals surface area contributed by atoms with Gasteiger partial charge in [0.05, 0.1) is 6.04 Å². The number of nitrogens with zero attached hydrogens (tertiary/aromatic N) is 4. The normalized spacial score (nSPS) is 20.7. The number of anilines is 1. The fourth-order valence-electron chi connectivity index (χ4n) is 4.47. The van der Waals surface area contributed by atoms with Crippen LogP contribution in [0.5, 0.6) is 0 Å². The maximum atomic E-state index is 12.9. The highest BCUT2D eigenvalue weighted by Crippen LogP contribution is 2.36. The number of carbonyl (C=O) groups excluding carboxylic acids is 1. The third-order valence-electron chi connectivity index (χ3n) is 5.60. The Morgan fingerprint density at radius 3 is 2.54 bits per heavy atom. The molecule has 0 radical (unpaired) electrons. The van der Waals surface area contributed by atoms with Crippen molar-refractivity contribution in [3.63, 3.8) is 0 Å². The molecule has 1 unspecified atom stereocenters. The average Bonchev–Trinajstić information content (AvgIpc) is 3.33. The summed E-state index contributed by atoms with van der Waals surface area (Å²) in [5.41, 5.74) is 3.16. The summed E-state index contributed by atoms with van der Waals surface area (Å²) in [6.07, 6.45) is 8.71. The largest absolute Gasteiger partial charge is 0.322 e. The fourth-order valence-corrected chi connectivity index (χ4v) is 4.47. The highest BCUT2D eigenvalue weighted by molar-refractivity contribution is 5.90. The Hall–Kier alpha value is -2.37. The predicted octanol–water partition coefficient (Wildman–Crippen LogP) is 4.38. The summed E-state index contributed by atoms with van der Waals surface area (Å²) < 4.78 is 2.22. The Morgan fingerprint density at radius 2 is 1.81 bits per heavy atom. The molecule has 0 spiro atoms. The molecule has 1 aromatic carbocycles. The molecule has 2 aromatic rings. The maximum absolute atomic E-state index is 12.9. The highest BCUT2D eigenvalue weighted by atomic mass is 16.2. The van der Waals surface area contributed by atoms with Crippen molar-refractivity contribution in [3.05, 3.63) is 41.5 Å². The number of urea groups is 1. The Balaban J connectivity index is 1.53. The second-order valence-corrected chi connectivity index (χ2v) is 7.69. The van der Waals surface area contributed by atoms with Crippen molar-refractivity contribution >= 4 is 11.7 Å². The minimum atomic E-state index is -0.0431. The van der Waals surface area contributed by atoms with Gasteiger partial charge in [0.15, 0.2) is 5.82 Å². The first-order valence-electron chi connectivity index (χ1n) is 9.67. The minimum Gasteiger partial charge on any atom is -0.314 e. The summed E-state index contributed by atoms with van der Waals surface area (Å²) in [5, 5.41) is 11.6. The molecule has 26 heavy (non-hydrogen) atoms. The number of nitrogens with one attached hydrogen (secondary N) is 1. The van der Waals surface area contributed by atoms with Crippen LogP contribution in [-0.2, 0) is 0 Å². The number of rotatable bonds is 3. The minimum absolute atomic E-state index is 0.0176. The van der Waals surface area contributed by atoms with E-state index in [-0.39, 0.29) is 12.1 Å². The lowest BCUT2D eigenvalue weighted by atomic mass is 10.1. The topological polar surface area (TPSA) is 63.1 Å². The molecule has 2 aliphatic rings. The molecular formula is C20H27N5O. The second-order valence-electron chi connectivity index (χ2n) is 7.69. The molecule has 1 atom stereocenters. The van der Waals surface area contributed by atoms with Gasteiger partial charge in [-0.25, -0.2) is 4.79 Å². The standard InChI is InChI=1S/C20H27N5O/c1-14-10-15(2)12-16(11-14)22-20(26)24-9-5-8-18(24)19-23-21-13-25(19)17-6-3-4-7-17/h10-13,17-18H,3-9H2,1-2H3,(H,22,26). The van der Waals surface area contributed by atoms with Gasteiger partial charge in [-0.1, -0.05) is 18.9 Å². The van der Waals surface area contributed by atoms with E-state index < -0.39 is 0 Å². The lowest BCUT2D eigenvalue weighted by molar-refractivity contribution is 0.203. The monoisotopic (exact) mass is 353 g/mol. The van der Waals surface area contributed by atoms with E-state index in [4.69, 9.17) is 0 Å². The molecule has 1 aliphatic carbocycles. The third-order valence-corrected chi connectivity index (χ3v) is 5.60. The SMILES string of the molecule is Cc1cc(C)cc(NC(=O)N2CCCC2c2nncn2C2CCCC2)c1. The van der Waals surface area contributed by atoms with E-state index >= 15 is 0 Å². The molecule has 138 valence electrons. The Bertz CT molecular complexity index is 773. The summed E-state index contributed by atoms with van der Waals surface area (Å²) in [7, 11) is 0. The van der Waals surface area contributed by atoms with Crippen LogP contribution in [0.25, 0.3) is 0 Å². The van der Waals surface area contributed by atoms with Crippen molar-refractivity contribution < 1.29 is 4.79 Å². The van der Waals surface area contributed by atoms with Gasteiger partial charge in [0.1, 0.15) is 6.33 Å². The number of aryl methyl sites for hydroxylation is 2. The number of amides is 2. The van der Waals surface area contributed by atoms with E-state index in [0.717, 1.165) is 42.0 Å². The van der Waals surface area contributed by atoms with Crippen LogP contribution in [0.15, 0.2) is 24.5 Å². The van der Waals surface area contributed by atoms with E-state index in [2.05, 4.69) is 26.1 Å². The molecule has 0 bridgehead atoms. The van der Waals surface area contributed by atoms with Crippen molar-refractivity contribution in [1.82, 2.24) is 19.7 Å². The van der Waals surface area contributed by atoms with Gasteiger partial charge in [-0.3, -0.25) is 0 Å². The zero-order valence-corrected chi connectivity index (χ0v) is 15.6. The Labute approximate surface area is 154 Å². The zero-order valence-electron chi connectivity index (χ0n) is 15.6. The fraction of sp³-hybridized carbons (Fsp3) is 0.550. The number of carbonyl (C=O) groups is 1. The van der Waals surface area contributed by atoms with E-state index in [9.17, 15) is 4.79 Å². The van der Waals surface area contributed by atoms with Crippen molar-refractivity contribution in [2.45, 2.75) is 64.5 Å².